The van der Waals surface area contributed by atoms with E-state index in [-0.39, 0.29) is 22.6 Å². The molecule has 2 rings (SSSR count). The summed E-state index contributed by atoms with van der Waals surface area (Å²) in [4.78, 5) is 18.7. The van der Waals surface area contributed by atoms with E-state index in [2.05, 4.69) is 25.8 Å². The van der Waals surface area contributed by atoms with Crippen molar-refractivity contribution in [3.63, 3.8) is 0 Å². The molecule has 0 bridgehead atoms. The molecule has 6 nitrogen and oxygen atoms in total. The fourth-order valence-corrected chi connectivity index (χ4v) is 3.74. The third-order valence-electron chi connectivity index (χ3n) is 3.98. The molecule has 0 aromatic carbocycles. The van der Waals surface area contributed by atoms with Gasteiger partial charge in [-0.25, -0.2) is 18.2 Å². The normalized spacial score (nSPS) is 18.4. The largest absolute Gasteiger partial charge is 0.444 e. The Hall–Kier alpha value is -1.34. The molecule has 26 heavy (non-hydrogen) atoms. The maximum absolute atomic E-state index is 12.7. The monoisotopic (exact) mass is 402 g/mol. The van der Waals surface area contributed by atoms with Crippen molar-refractivity contribution in [2.75, 3.05) is 0 Å². The van der Waals surface area contributed by atoms with Gasteiger partial charge in [0.1, 0.15) is 5.60 Å². The van der Waals surface area contributed by atoms with E-state index >= 15 is 0 Å². The van der Waals surface area contributed by atoms with Gasteiger partial charge < -0.3 is 9.64 Å². The molecule has 0 N–H and O–H groups in total. The van der Waals surface area contributed by atoms with E-state index < -0.39 is 14.7 Å². The Labute approximate surface area is 160 Å². The van der Waals surface area contributed by atoms with Crippen molar-refractivity contribution < 1.29 is 17.9 Å². The molecule has 1 unspecified atom stereocenters. The van der Waals surface area contributed by atoms with E-state index in [1.54, 1.807) is 11.0 Å². The fraction of sp³-hybridized carbons (Fsp3) is 0.667. The van der Waals surface area contributed by atoms with Gasteiger partial charge in [-0.1, -0.05) is 26.8 Å². The van der Waals surface area contributed by atoms with Crippen LogP contribution in [0, 0.1) is 5.41 Å². The first-order chi connectivity index (χ1) is 11.7. The number of hydrogen-bond acceptors (Lipinski definition) is 5. The van der Waals surface area contributed by atoms with Gasteiger partial charge in [-0.3, -0.25) is 0 Å². The molecule has 2 heterocycles. The summed E-state index contributed by atoms with van der Waals surface area (Å²) >= 11 is 0. The van der Waals surface area contributed by atoms with Gasteiger partial charge >= 0.3 is 6.09 Å². The lowest BCUT2D eigenvalue weighted by Crippen LogP contribution is -2.48. The summed E-state index contributed by atoms with van der Waals surface area (Å²) < 4.78 is 28.7. The molecule has 1 aliphatic heterocycles. The Bertz CT molecular complexity index is 794. The number of carbonyl (C=O) groups is 1. The Balaban J connectivity index is 2.38. The van der Waals surface area contributed by atoms with Crippen molar-refractivity contribution in [1.82, 2.24) is 9.88 Å². The highest BCUT2D eigenvalue weighted by Crippen LogP contribution is 2.32. The van der Waals surface area contributed by atoms with Gasteiger partial charge in [0, 0.05) is 28.8 Å². The summed E-state index contributed by atoms with van der Waals surface area (Å²) in [5.74, 6) is 0. The Kier molecular flexibility index (Phi) is 5.64. The van der Waals surface area contributed by atoms with Crippen LogP contribution in [-0.2, 0) is 26.8 Å². The van der Waals surface area contributed by atoms with Crippen LogP contribution in [0.4, 0.5) is 4.79 Å². The van der Waals surface area contributed by atoms with E-state index in [1.165, 1.54) is 6.07 Å². The molecule has 0 aliphatic carbocycles. The second-order valence-corrected chi connectivity index (χ2v) is 11.4. The van der Waals surface area contributed by atoms with Gasteiger partial charge in [-0.2, -0.15) is 0 Å². The third kappa shape index (κ3) is 5.58. The molecular formula is C18H27ClN2O4S. The molecule has 1 atom stereocenters. The Morgan fingerprint density at radius 1 is 1.27 bits per heavy atom. The number of amides is 1. The molecule has 1 amide bonds. The standard InChI is InChI=1S/C18H27ClN2O4S/c1-17(2,3)10-13-9-14-12(7-8-15(20-14)26(19,23)24)11-21(13)16(22)25-18(4,5)6/h7-8,13H,9-11H2,1-6H3. The Morgan fingerprint density at radius 2 is 1.88 bits per heavy atom. The number of rotatable bonds is 2. The number of ether oxygens (including phenoxy) is 1. The summed E-state index contributed by atoms with van der Waals surface area (Å²) in [5, 5.41) is -0.154. The second kappa shape index (κ2) is 7.00. The van der Waals surface area contributed by atoms with Crippen LogP contribution in [0.1, 0.15) is 59.2 Å². The predicted octanol–water partition coefficient (Wildman–Crippen LogP) is 4.11. The quantitative estimate of drug-likeness (QED) is 0.696. The highest BCUT2D eigenvalue weighted by Gasteiger charge is 2.36. The first kappa shape index (κ1) is 21.0. The first-order valence-electron chi connectivity index (χ1n) is 8.59. The van der Waals surface area contributed by atoms with Crippen LogP contribution in [-0.4, -0.2) is 36.0 Å². The predicted molar refractivity (Wildman–Crippen MR) is 101 cm³/mol. The molecule has 1 aliphatic rings. The first-order valence-corrected chi connectivity index (χ1v) is 10.9. The zero-order valence-electron chi connectivity index (χ0n) is 16.2. The van der Waals surface area contributed by atoms with Crippen molar-refractivity contribution in [1.29, 1.82) is 0 Å². The maximum Gasteiger partial charge on any atom is 0.410 e. The number of fused-ring (bicyclic) bond motifs is 1. The topological polar surface area (TPSA) is 76.6 Å². The summed E-state index contributed by atoms with van der Waals surface area (Å²) in [6.45, 7) is 12.1. The van der Waals surface area contributed by atoms with Crippen molar-refractivity contribution >= 4 is 25.8 Å². The summed E-state index contributed by atoms with van der Waals surface area (Å²) in [7, 11) is 1.53. The molecule has 1 aromatic heterocycles. The lowest BCUT2D eigenvalue weighted by Gasteiger charge is -2.40. The number of carbonyl (C=O) groups excluding carboxylic acids is 1. The molecule has 8 heteroatoms. The van der Waals surface area contributed by atoms with Crippen molar-refractivity contribution in [2.24, 2.45) is 5.41 Å². The zero-order chi connectivity index (χ0) is 19.9. The lowest BCUT2D eigenvalue weighted by atomic mass is 9.84. The molecule has 0 spiro atoms. The van der Waals surface area contributed by atoms with Crippen LogP contribution < -0.4 is 0 Å². The number of hydrogen-bond donors (Lipinski definition) is 0. The van der Waals surface area contributed by atoms with E-state index in [1.807, 2.05) is 20.8 Å². The number of aromatic nitrogens is 1. The minimum Gasteiger partial charge on any atom is -0.444 e. The highest BCUT2D eigenvalue weighted by molar-refractivity contribution is 8.13. The number of pyridine rings is 1. The summed E-state index contributed by atoms with van der Waals surface area (Å²) in [5.41, 5.74) is 0.878. The second-order valence-electron chi connectivity index (χ2n) is 8.92. The van der Waals surface area contributed by atoms with E-state index in [0.717, 1.165) is 12.0 Å². The molecule has 1 aromatic rings. The van der Waals surface area contributed by atoms with Crippen molar-refractivity contribution in [2.45, 2.75) is 77.6 Å². The Morgan fingerprint density at radius 3 is 2.38 bits per heavy atom. The summed E-state index contributed by atoms with van der Waals surface area (Å²) in [6, 6.07) is 2.92. The van der Waals surface area contributed by atoms with Crippen LogP contribution in [0.15, 0.2) is 17.2 Å². The fourth-order valence-electron chi connectivity index (χ4n) is 3.04. The van der Waals surface area contributed by atoms with Crippen molar-refractivity contribution in [3.8, 4) is 0 Å². The minimum atomic E-state index is -3.89. The molecule has 0 saturated carbocycles. The molecule has 0 saturated heterocycles. The summed E-state index contributed by atoms with van der Waals surface area (Å²) in [6.07, 6.45) is 0.837. The van der Waals surface area contributed by atoms with Gasteiger partial charge in [0.25, 0.3) is 9.05 Å². The molecule has 0 radical (unpaired) electrons. The SMILES string of the molecule is CC(C)(C)CC1Cc2nc(S(=O)(=O)Cl)ccc2CN1C(=O)OC(C)(C)C. The van der Waals surface area contributed by atoms with Gasteiger partial charge in [0.15, 0.2) is 5.03 Å². The zero-order valence-corrected chi connectivity index (χ0v) is 17.7. The number of nitrogens with zero attached hydrogens (tertiary/aromatic N) is 2. The van der Waals surface area contributed by atoms with Gasteiger partial charge in [-0.15, -0.1) is 0 Å². The van der Waals surface area contributed by atoms with Gasteiger partial charge in [0.2, 0.25) is 0 Å². The molecule has 0 fully saturated rings. The van der Waals surface area contributed by atoms with E-state index in [9.17, 15) is 13.2 Å². The molecular weight excluding hydrogens is 376 g/mol. The van der Waals surface area contributed by atoms with Crippen LogP contribution in [0.25, 0.3) is 0 Å². The average Bonchev–Trinajstić information content (AvgIpc) is 2.41. The maximum atomic E-state index is 12.7. The molecule has 146 valence electrons. The van der Waals surface area contributed by atoms with Crippen LogP contribution in [0.5, 0.6) is 0 Å². The smallest absolute Gasteiger partial charge is 0.410 e. The van der Waals surface area contributed by atoms with Gasteiger partial charge in [0.05, 0.1) is 6.54 Å². The van der Waals surface area contributed by atoms with Crippen LogP contribution >= 0.6 is 10.7 Å². The van der Waals surface area contributed by atoms with E-state index in [0.29, 0.717) is 18.7 Å². The van der Waals surface area contributed by atoms with Crippen LogP contribution in [0.2, 0.25) is 0 Å². The lowest BCUT2D eigenvalue weighted by molar-refractivity contribution is 0.00717. The third-order valence-corrected chi connectivity index (χ3v) is 5.18. The highest BCUT2D eigenvalue weighted by atomic mass is 35.7. The number of halogens is 1. The van der Waals surface area contributed by atoms with Gasteiger partial charge in [-0.05, 0) is 44.2 Å². The van der Waals surface area contributed by atoms with Crippen LogP contribution in [0.3, 0.4) is 0 Å². The minimum absolute atomic E-state index is 0.0153. The van der Waals surface area contributed by atoms with E-state index in [4.69, 9.17) is 15.4 Å². The average molecular weight is 403 g/mol. The van der Waals surface area contributed by atoms with Crippen molar-refractivity contribution in [3.05, 3.63) is 23.4 Å².